The molecule has 0 saturated heterocycles. The van der Waals surface area contributed by atoms with E-state index in [2.05, 4.69) is 5.32 Å². The average Bonchev–Trinajstić information content (AvgIpc) is 2.49. The molecule has 0 unspecified atom stereocenters. The second-order valence-electron chi connectivity index (χ2n) is 4.97. The number of unbranched alkanes of at least 4 members (excludes halogenated alkanes) is 2. The highest BCUT2D eigenvalue weighted by atomic mass is 16.3. The summed E-state index contributed by atoms with van der Waals surface area (Å²) in [6.45, 7) is 5.27. The minimum atomic E-state index is -0.705. The predicted octanol–water partition coefficient (Wildman–Crippen LogP) is 2.76. The number of aromatic hydroxyl groups is 1. The van der Waals surface area contributed by atoms with Crippen molar-refractivity contribution in [2.75, 3.05) is 18.4 Å². The van der Waals surface area contributed by atoms with Crippen molar-refractivity contribution in [3.63, 3.8) is 0 Å². The second-order valence-corrected chi connectivity index (χ2v) is 4.97. The number of phenolic OH excluding ortho intramolecular Hbond substituents is 1. The topological polar surface area (TPSA) is 69.6 Å². The molecule has 0 aliphatic carbocycles. The smallest absolute Gasteiger partial charge is 0.314 e. The van der Waals surface area contributed by atoms with Crippen molar-refractivity contribution < 1.29 is 14.7 Å². The highest BCUT2D eigenvalue weighted by molar-refractivity contribution is 6.39. The Bertz CT molecular complexity index is 466. The van der Waals surface area contributed by atoms with Gasteiger partial charge < -0.3 is 15.3 Å². The Morgan fingerprint density at radius 2 is 1.67 bits per heavy atom. The Kier molecular flexibility index (Phi) is 7.29. The summed E-state index contributed by atoms with van der Waals surface area (Å²) in [6, 6.07) is 6.36. The zero-order chi connectivity index (χ0) is 15.7. The fourth-order valence-corrected chi connectivity index (χ4v) is 1.91. The van der Waals surface area contributed by atoms with Gasteiger partial charge in [0.2, 0.25) is 0 Å². The molecule has 0 spiro atoms. The standard InChI is InChI=1S/C16H24N2O3/c1-3-5-11-18(12-6-4-2)16(21)15(20)17-13-9-7-8-10-14(13)19/h7-10,19H,3-6,11-12H2,1-2H3,(H,17,20). The molecule has 0 aliphatic heterocycles. The molecule has 0 aromatic heterocycles. The molecule has 2 N–H and O–H groups in total. The summed E-state index contributed by atoms with van der Waals surface area (Å²) in [4.78, 5) is 25.8. The number of phenols is 1. The number of carbonyl (C=O) groups excluding carboxylic acids is 2. The average molecular weight is 292 g/mol. The van der Waals surface area contributed by atoms with Crippen molar-refractivity contribution in [2.24, 2.45) is 0 Å². The van der Waals surface area contributed by atoms with Crippen molar-refractivity contribution in [3.8, 4) is 5.75 Å². The second kappa shape index (κ2) is 9.00. The molecule has 0 saturated carbocycles. The SMILES string of the molecule is CCCCN(CCCC)C(=O)C(=O)Nc1ccccc1O. The van der Waals surface area contributed by atoms with E-state index in [4.69, 9.17) is 0 Å². The van der Waals surface area contributed by atoms with Crippen molar-refractivity contribution in [1.29, 1.82) is 0 Å². The Labute approximate surface area is 126 Å². The van der Waals surface area contributed by atoms with Crippen LogP contribution >= 0.6 is 0 Å². The van der Waals surface area contributed by atoms with Gasteiger partial charge in [-0.3, -0.25) is 9.59 Å². The first-order valence-electron chi connectivity index (χ1n) is 7.48. The van der Waals surface area contributed by atoms with E-state index in [9.17, 15) is 14.7 Å². The van der Waals surface area contributed by atoms with E-state index in [1.54, 1.807) is 23.1 Å². The predicted molar refractivity (Wildman–Crippen MR) is 83.1 cm³/mol. The van der Waals surface area contributed by atoms with E-state index in [1.165, 1.54) is 6.07 Å². The molecule has 0 aliphatic rings. The normalized spacial score (nSPS) is 10.2. The van der Waals surface area contributed by atoms with Crippen LogP contribution in [0.15, 0.2) is 24.3 Å². The van der Waals surface area contributed by atoms with Gasteiger partial charge in [0, 0.05) is 13.1 Å². The summed E-state index contributed by atoms with van der Waals surface area (Å²) < 4.78 is 0. The minimum absolute atomic E-state index is 0.0488. The quantitative estimate of drug-likeness (QED) is 0.599. The number of amides is 2. The summed E-state index contributed by atoms with van der Waals surface area (Å²) in [7, 11) is 0. The lowest BCUT2D eigenvalue weighted by Crippen LogP contribution is -2.40. The molecule has 5 nitrogen and oxygen atoms in total. The first-order chi connectivity index (χ1) is 10.1. The molecule has 0 bridgehead atoms. The third kappa shape index (κ3) is 5.45. The molecule has 0 radical (unpaired) electrons. The molecule has 5 heteroatoms. The van der Waals surface area contributed by atoms with Crippen LogP contribution in [-0.2, 0) is 9.59 Å². The van der Waals surface area contributed by atoms with Crippen LogP contribution < -0.4 is 5.32 Å². The number of hydrogen-bond acceptors (Lipinski definition) is 3. The number of anilines is 1. The first-order valence-corrected chi connectivity index (χ1v) is 7.48. The van der Waals surface area contributed by atoms with E-state index in [-0.39, 0.29) is 11.4 Å². The van der Waals surface area contributed by atoms with Crippen LogP contribution in [-0.4, -0.2) is 34.9 Å². The van der Waals surface area contributed by atoms with Gasteiger partial charge in [0.1, 0.15) is 5.75 Å². The maximum absolute atomic E-state index is 12.2. The molecule has 0 atom stereocenters. The van der Waals surface area contributed by atoms with Crippen LogP contribution in [0, 0.1) is 0 Å². The fraction of sp³-hybridized carbons (Fsp3) is 0.500. The zero-order valence-corrected chi connectivity index (χ0v) is 12.8. The van der Waals surface area contributed by atoms with Crippen LogP contribution in [0.4, 0.5) is 5.69 Å². The lowest BCUT2D eigenvalue weighted by molar-refractivity contribution is -0.143. The maximum atomic E-state index is 12.2. The number of nitrogens with one attached hydrogen (secondary N) is 1. The Hall–Kier alpha value is -2.04. The van der Waals surface area contributed by atoms with Gasteiger partial charge in [-0.2, -0.15) is 0 Å². The monoisotopic (exact) mass is 292 g/mol. The van der Waals surface area contributed by atoms with Crippen molar-refractivity contribution in [2.45, 2.75) is 39.5 Å². The van der Waals surface area contributed by atoms with Crippen LogP contribution in [0.2, 0.25) is 0 Å². The number of hydrogen-bond donors (Lipinski definition) is 2. The zero-order valence-electron chi connectivity index (χ0n) is 12.8. The molecule has 21 heavy (non-hydrogen) atoms. The van der Waals surface area contributed by atoms with E-state index in [0.29, 0.717) is 13.1 Å². The van der Waals surface area contributed by atoms with Crippen LogP contribution in [0.25, 0.3) is 0 Å². The molecule has 116 valence electrons. The van der Waals surface area contributed by atoms with Crippen molar-refractivity contribution >= 4 is 17.5 Å². The van der Waals surface area contributed by atoms with Gasteiger partial charge in [-0.05, 0) is 25.0 Å². The third-order valence-corrected chi connectivity index (χ3v) is 3.20. The Balaban J connectivity index is 2.68. The van der Waals surface area contributed by atoms with E-state index < -0.39 is 11.8 Å². The summed E-state index contributed by atoms with van der Waals surface area (Å²) in [5, 5.41) is 12.1. The first kappa shape index (κ1) is 17.0. The van der Waals surface area contributed by atoms with Crippen LogP contribution in [0.3, 0.4) is 0 Å². The number of rotatable bonds is 7. The highest BCUT2D eigenvalue weighted by Crippen LogP contribution is 2.21. The molecule has 0 fully saturated rings. The number of nitrogens with zero attached hydrogens (tertiary/aromatic N) is 1. The van der Waals surface area contributed by atoms with E-state index >= 15 is 0 Å². The van der Waals surface area contributed by atoms with Gasteiger partial charge >= 0.3 is 11.8 Å². The Morgan fingerprint density at radius 3 is 2.19 bits per heavy atom. The van der Waals surface area contributed by atoms with E-state index in [0.717, 1.165) is 25.7 Å². The highest BCUT2D eigenvalue weighted by Gasteiger charge is 2.21. The summed E-state index contributed by atoms with van der Waals surface area (Å²) in [6.07, 6.45) is 3.69. The lowest BCUT2D eigenvalue weighted by atomic mass is 10.2. The molecular weight excluding hydrogens is 268 g/mol. The lowest BCUT2D eigenvalue weighted by Gasteiger charge is -2.21. The van der Waals surface area contributed by atoms with Gasteiger partial charge in [0.05, 0.1) is 5.69 Å². The molecule has 2 amide bonds. The van der Waals surface area contributed by atoms with Crippen LogP contribution in [0.1, 0.15) is 39.5 Å². The Morgan fingerprint density at radius 1 is 1.10 bits per heavy atom. The summed E-state index contributed by atoms with van der Waals surface area (Å²) in [5.41, 5.74) is 0.252. The summed E-state index contributed by atoms with van der Waals surface area (Å²) >= 11 is 0. The molecule has 1 aromatic rings. The molecular formula is C16H24N2O3. The molecule has 0 heterocycles. The number of para-hydroxylation sites is 2. The summed E-state index contributed by atoms with van der Waals surface area (Å²) in [5.74, 6) is -1.30. The fourth-order valence-electron chi connectivity index (χ4n) is 1.91. The van der Waals surface area contributed by atoms with Crippen LogP contribution in [0.5, 0.6) is 5.75 Å². The maximum Gasteiger partial charge on any atom is 0.314 e. The molecule has 1 aromatic carbocycles. The van der Waals surface area contributed by atoms with Gasteiger partial charge in [-0.15, -0.1) is 0 Å². The van der Waals surface area contributed by atoms with E-state index in [1.807, 2.05) is 13.8 Å². The van der Waals surface area contributed by atoms with Gasteiger partial charge in [0.15, 0.2) is 0 Å². The molecule has 1 rings (SSSR count). The third-order valence-electron chi connectivity index (χ3n) is 3.20. The number of benzene rings is 1. The van der Waals surface area contributed by atoms with Gasteiger partial charge in [-0.1, -0.05) is 38.8 Å². The van der Waals surface area contributed by atoms with Crippen molar-refractivity contribution in [3.05, 3.63) is 24.3 Å². The van der Waals surface area contributed by atoms with Gasteiger partial charge in [0.25, 0.3) is 0 Å². The largest absolute Gasteiger partial charge is 0.506 e. The van der Waals surface area contributed by atoms with Gasteiger partial charge in [-0.25, -0.2) is 0 Å². The minimum Gasteiger partial charge on any atom is -0.506 e. The van der Waals surface area contributed by atoms with Crippen molar-refractivity contribution in [1.82, 2.24) is 4.90 Å². The number of carbonyl (C=O) groups is 2.